The van der Waals surface area contributed by atoms with Gasteiger partial charge in [-0.1, -0.05) is 48.3 Å². The number of carbonyl (C=O) groups is 1. The van der Waals surface area contributed by atoms with Crippen LogP contribution < -0.4 is 0 Å². The summed E-state index contributed by atoms with van der Waals surface area (Å²) < 4.78 is 0. The number of rotatable bonds is 4. The highest BCUT2D eigenvalue weighted by Crippen LogP contribution is 2.29. The van der Waals surface area contributed by atoms with E-state index in [1.807, 2.05) is 29.2 Å². The Labute approximate surface area is 153 Å². The average molecular weight is 366 g/mol. The van der Waals surface area contributed by atoms with Crippen LogP contribution in [0.15, 0.2) is 29.3 Å². The lowest BCUT2D eigenvalue weighted by Gasteiger charge is -2.33. The molecule has 1 aliphatic heterocycles. The van der Waals surface area contributed by atoms with Crippen LogP contribution in [0.3, 0.4) is 0 Å². The summed E-state index contributed by atoms with van der Waals surface area (Å²) in [5.41, 5.74) is 1.09. The van der Waals surface area contributed by atoms with Gasteiger partial charge in [0.15, 0.2) is 5.17 Å². The van der Waals surface area contributed by atoms with Crippen molar-refractivity contribution < 1.29 is 4.79 Å². The molecule has 0 spiro atoms. The van der Waals surface area contributed by atoms with Crippen molar-refractivity contribution in [3.8, 4) is 0 Å². The van der Waals surface area contributed by atoms with E-state index in [2.05, 4.69) is 11.9 Å². The molecule has 4 nitrogen and oxygen atoms in total. The quantitative estimate of drug-likeness (QED) is 0.809. The highest BCUT2D eigenvalue weighted by atomic mass is 35.5. The SMILES string of the molecule is CC(=O)N(Cc1ccc(Cl)cc1)C1CSC(=NC2CCCC2)N1C. The molecule has 2 fully saturated rings. The van der Waals surface area contributed by atoms with E-state index in [1.54, 1.807) is 18.7 Å². The van der Waals surface area contributed by atoms with Crippen LogP contribution in [0.2, 0.25) is 5.02 Å². The van der Waals surface area contributed by atoms with Gasteiger partial charge in [0.05, 0.1) is 6.04 Å². The zero-order valence-electron chi connectivity index (χ0n) is 14.2. The van der Waals surface area contributed by atoms with Crippen molar-refractivity contribution in [3.63, 3.8) is 0 Å². The third-order valence-corrected chi connectivity index (χ3v) is 6.13. The smallest absolute Gasteiger partial charge is 0.221 e. The van der Waals surface area contributed by atoms with E-state index in [-0.39, 0.29) is 12.1 Å². The maximum Gasteiger partial charge on any atom is 0.221 e. The fourth-order valence-electron chi connectivity index (χ4n) is 3.32. The summed E-state index contributed by atoms with van der Waals surface area (Å²) in [6, 6.07) is 8.17. The molecule has 1 atom stereocenters. The predicted molar refractivity (Wildman–Crippen MR) is 101 cm³/mol. The fraction of sp³-hybridized carbons (Fsp3) is 0.556. The first kappa shape index (κ1) is 17.6. The summed E-state index contributed by atoms with van der Waals surface area (Å²) in [5.74, 6) is 0.958. The van der Waals surface area contributed by atoms with Crippen LogP contribution in [-0.4, -0.2) is 45.9 Å². The molecule has 0 N–H and O–H groups in total. The second-order valence-corrected chi connectivity index (χ2v) is 7.95. The van der Waals surface area contributed by atoms with E-state index in [1.165, 1.54) is 25.7 Å². The summed E-state index contributed by atoms with van der Waals surface area (Å²) in [4.78, 5) is 21.2. The summed E-state index contributed by atoms with van der Waals surface area (Å²) in [5, 5.41) is 1.79. The number of hydrogen-bond donors (Lipinski definition) is 0. The number of amides is 1. The van der Waals surface area contributed by atoms with E-state index in [0.29, 0.717) is 17.6 Å². The van der Waals surface area contributed by atoms with Crippen LogP contribution in [0.25, 0.3) is 0 Å². The Balaban J connectivity index is 1.71. The monoisotopic (exact) mass is 365 g/mol. The van der Waals surface area contributed by atoms with Gasteiger partial charge in [-0.25, -0.2) is 0 Å². The van der Waals surface area contributed by atoms with Gasteiger partial charge in [-0.15, -0.1) is 0 Å². The molecular weight excluding hydrogens is 342 g/mol. The predicted octanol–water partition coefficient (Wildman–Crippen LogP) is 3.99. The molecule has 1 unspecified atom stereocenters. The Kier molecular flexibility index (Phi) is 5.72. The Morgan fingerprint density at radius 2 is 2.00 bits per heavy atom. The number of hydrogen-bond acceptors (Lipinski definition) is 3. The van der Waals surface area contributed by atoms with Crippen LogP contribution in [0.5, 0.6) is 0 Å². The number of aliphatic imine (C=N–C) groups is 1. The second-order valence-electron chi connectivity index (χ2n) is 6.53. The van der Waals surface area contributed by atoms with Crippen molar-refractivity contribution in [1.82, 2.24) is 9.80 Å². The van der Waals surface area contributed by atoms with Crippen molar-refractivity contribution in [1.29, 1.82) is 0 Å². The van der Waals surface area contributed by atoms with Gasteiger partial charge in [-0.2, -0.15) is 0 Å². The number of benzene rings is 1. The average Bonchev–Trinajstić information content (AvgIpc) is 3.18. The summed E-state index contributed by atoms with van der Waals surface area (Å²) in [7, 11) is 2.05. The highest BCUT2D eigenvalue weighted by molar-refractivity contribution is 8.14. The minimum Gasteiger partial charge on any atom is -0.333 e. The third-order valence-electron chi connectivity index (χ3n) is 4.76. The minimum atomic E-state index is 0.0586. The normalized spacial score (nSPS) is 23.2. The maximum atomic E-state index is 12.2. The third kappa shape index (κ3) is 4.06. The highest BCUT2D eigenvalue weighted by Gasteiger charge is 2.34. The van der Waals surface area contributed by atoms with E-state index < -0.39 is 0 Å². The molecule has 6 heteroatoms. The lowest BCUT2D eigenvalue weighted by atomic mass is 10.2. The number of amidine groups is 1. The van der Waals surface area contributed by atoms with E-state index >= 15 is 0 Å². The van der Waals surface area contributed by atoms with Crippen LogP contribution in [0.1, 0.15) is 38.2 Å². The lowest BCUT2D eigenvalue weighted by molar-refractivity contribution is -0.133. The van der Waals surface area contributed by atoms with E-state index in [0.717, 1.165) is 16.5 Å². The summed E-state index contributed by atoms with van der Waals surface area (Å²) >= 11 is 7.72. The molecular formula is C18H24ClN3OS. The number of halogens is 1. The van der Waals surface area contributed by atoms with Gasteiger partial charge in [0, 0.05) is 31.3 Å². The number of nitrogens with zero attached hydrogens (tertiary/aromatic N) is 3. The molecule has 1 aromatic carbocycles. The molecule has 0 radical (unpaired) electrons. The van der Waals surface area contributed by atoms with Crippen LogP contribution in [0, 0.1) is 0 Å². The Hall–Kier alpha value is -1.20. The molecule has 24 heavy (non-hydrogen) atoms. The van der Waals surface area contributed by atoms with Gasteiger partial charge in [0.25, 0.3) is 0 Å². The summed E-state index contributed by atoms with van der Waals surface area (Å²) in [6.07, 6.45) is 5.03. The minimum absolute atomic E-state index is 0.0586. The molecule has 0 bridgehead atoms. The van der Waals surface area contributed by atoms with Gasteiger partial charge in [0.1, 0.15) is 6.17 Å². The van der Waals surface area contributed by atoms with Gasteiger partial charge >= 0.3 is 0 Å². The van der Waals surface area contributed by atoms with E-state index in [9.17, 15) is 4.79 Å². The molecule has 1 amide bonds. The Bertz CT molecular complexity index is 613. The first-order chi connectivity index (χ1) is 11.5. The molecule has 1 aromatic rings. The number of thioether (sulfide) groups is 1. The van der Waals surface area contributed by atoms with Crippen molar-refractivity contribution in [2.45, 2.75) is 51.4 Å². The zero-order chi connectivity index (χ0) is 17.1. The van der Waals surface area contributed by atoms with Crippen molar-refractivity contribution >= 4 is 34.4 Å². The van der Waals surface area contributed by atoms with Crippen LogP contribution >= 0.6 is 23.4 Å². The molecule has 1 saturated carbocycles. The maximum absolute atomic E-state index is 12.2. The number of carbonyl (C=O) groups excluding carboxylic acids is 1. The molecule has 0 aromatic heterocycles. The molecule has 2 aliphatic rings. The van der Waals surface area contributed by atoms with Crippen molar-refractivity contribution in [2.75, 3.05) is 12.8 Å². The Morgan fingerprint density at radius 3 is 2.62 bits per heavy atom. The van der Waals surface area contributed by atoms with Crippen molar-refractivity contribution in [3.05, 3.63) is 34.9 Å². The topological polar surface area (TPSA) is 35.9 Å². The molecule has 1 aliphatic carbocycles. The standard InChI is InChI=1S/C18H24ClN3OS/c1-13(23)22(11-14-7-9-15(19)10-8-14)17-12-24-18(21(17)2)20-16-5-3-4-6-16/h7-10,16-17H,3-6,11-12H2,1-2H3. The van der Waals surface area contributed by atoms with Crippen LogP contribution in [0.4, 0.5) is 0 Å². The van der Waals surface area contributed by atoms with Gasteiger partial charge in [0.2, 0.25) is 5.91 Å². The first-order valence-corrected chi connectivity index (χ1v) is 9.86. The second kappa shape index (κ2) is 7.79. The van der Waals surface area contributed by atoms with Gasteiger partial charge in [-0.3, -0.25) is 9.79 Å². The molecule has 130 valence electrons. The summed E-state index contributed by atoms with van der Waals surface area (Å²) in [6.45, 7) is 2.24. The van der Waals surface area contributed by atoms with E-state index in [4.69, 9.17) is 16.6 Å². The van der Waals surface area contributed by atoms with Crippen molar-refractivity contribution in [2.24, 2.45) is 4.99 Å². The van der Waals surface area contributed by atoms with Gasteiger partial charge < -0.3 is 9.80 Å². The zero-order valence-corrected chi connectivity index (χ0v) is 15.8. The first-order valence-electron chi connectivity index (χ1n) is 8.49. The van der Waals surface area contributed by atoms with Gasteiger partial charge in [-0.05, 0) is 30.5 Å². The van der Waals surface area contributed by atoms with Crippen LogP contribution in [-0.2, 0) is 11.3 Å². The molecule has 1 heterocycles. The Morgan fingerprint density at radius 1 is 1.33 bits per heavy atom. The fourth-order valence-corrected chi connectivity index (χ4v) is 4.70. The molecule has 1 saturated heterocycles. The molecule has 3 rings (SSSR count). The largest absolute Gasteiger partial charge is 0.333 e. The lowest BCUT2D eigenvalue weighted by Crippen LogP contribution is -2.47.